The van der Waals surface area contributed by atoms with Gasteiger partial charge in [0.2, 0.25) is 0 Å². The van der Waals surface area contributed by atoms with Gasteiger partial charge in [-0.3, -0.25) is 9.78 Å². The highest BCUT2D eigenvalue weighted by atomic mass is 19.3. The van der Waals surface area contributed by atoms with Crippen LogP contribution in [-0.4, -0.2) is 45.3 Å². The summed E-state index contributed by atoms with van der Waals surface area (Å²) in [5.41, 5.74) is 1.86. The van der Waals surface area contributed by atoms with Gasteiger partial charge in [0, 0.05) is 48.7 Å². The number of hydrogen-bond donors (Lipinski definition) is 1. The molecule has 0 radical (unpaired) electrons. The lowest BCUT2D eigenvalue weighted by molar-refractivity contribution is -0.144. The Morgan fingerprint density at radius 1 is 1.16 bits per heavy atom. The first-order valence-electron chi connectivity index (χ1n) is 9.88. The summed E-state index contributed by atoms with van der Waals surface area (Å²) >= 11 is 0. The number of aromatic nitrogens is 3. The molecule has 9 heteroatoms. The van der Waals surface area contributed by atoms with Crippen LogP contribution < -0.4 is 5.32 Å². The Morgan fingerprint density at radius 3 is 2.77 bits per heavy atom. The fourth-order valence-corrected chi connectivity index (χ4v) is 3.61. The molecule has 31 heavy (non-hydrogen) atoms. The number of nitrogens with one attached hydrogen (secondary N) is 1. The number of carbonyl (C=O) groups is 1. The van der Waals surface area contributed by atoms with Crippen molar-refractivity contribution in [2.75, 3.05) is 18.4 Å². The van der Waals surface area contributed by atoms with Gasteiger partial charge >= 0.3 is 6.43 Å². The number of halogens is 3. The first-order valence-corrected chi connectivity index (χ1v) is 9.88. The normalized spacial score (nSPS) is 16.4. The van der Waals surface area contributed by atoms with E-state index in [0.717, 1.165) is 5.56 Å². The fraction of sp³-hybridized carbons (Fsp3) is 0.273. The topological polar surface area (TPSA) is 71.0 Å². The van der Waals surface area contributed by atoms with E-state index in [4.69, 9.17) is 0 Å². The molecule has 1 atom stereocenters. The minimum absolute atomic E-state index is 0.124. The summed E-state index contributed by atoms with van der Waals surface area (Å²) < 4.78 is 39.4. The number of rotatable bonds is 5. The Bertz CT molecular complexity index is 1060. The van der Waals surface area contributed by atoms with Crippen molar-refractivity contribution >= 4 is 17.4 Å². The number of likely N-dealkylation sites (tertiary alicyclic amines) is 1. The molecule has 1 N–H and O–H groups in total. The Kier molecular flexibility index (Phi) is 6.11. The van der Waals surface area contributed by atoms with Gasteiger partial charge in [-0.15, -0.1) is 0 Å². The van der Waals surface area contributed by atoms with Gasteiger partial charge in [-0.1, -0.05) is 6.07 Å². The molecular weight excluding hydrogens is 407 g/mol. The van der Waals surface area contributed by atoms with Crippen LogP contribution in [0.4, 0.5) is 24.7 Å². The molecule has 0 spiro atoms. The molecule has 3 heterocycles. The Balaban J connectivity index is 1.68. The van der Waals surface area contributed by atoms with Gasteiger partial charge in [0.1, 0.15) is 17.5 Å². The van der Waals surface area contributed by atoms with Crippen LogP contribution >= 0.6 is 0 Å². The van der Waals surface area contributed by atoms with Crippen molar-refractivity contribution in [2.45, 2.75) is 25.2 Å². The average Bonchev–Trinajstić information content (AvgIpc) is 2.79. The fourth-order valence-electron chi connectivity index (χ4n) is 3.61. The lowest BCUT2D eigenvalue weighted by atomic mass is 9.96. The standard InChI is InChI=1S/C22H20F3N5O/c23-16-6-1-7-17(10-16)27-19-11-18(14-4-2-8-26-12-14)28-21(29-19)15-5-3-9-30(13-15)22(31)20(24)25/h1-2,4,6-8,10-12,15,20H,3,5,9,13H2,(H,27,28,29). The quantitative estimate of drug-likeness (QED) is 0.654. The lowest BCUT2D eigenvalue weighted by Crippen LogP contribution is -2.42. The van der Waals surface area contributed by atoms with Gasteiger partial charge in [-0.2, -0.15) is 8.78 Å². The number of hydrogen-bond acceptors (Lipinski definition) is 5. The monoisotopic (exact) mass is 427 g/mol. The van der Waals surface area contributed by atoms with E-state index in [1.54, 1.807) is 36.7 Å². The third-order valence-corrected chi connectivity index (χ3v) is 5.08. The number of carbonyl (C=O) groups excluding carboxylic acids is 1. The molecule has 3 aromatic rings. The van der Waals surface area contributed by atoms with Crippen LogP contribution in [0.25, 0.3) is 11.3 Å². The number of nitrogens with zero attached hydrogens (tertiary/aromatic N) is 4. The van der Waals surface area contributed by atoms with E-state index >= 15 is 0 Å². The third-order valence-electron chi connectivity index (χ3n) is 5.08. The predicted molar refractivity (Wildman–Crippen MR) is 110 cm³/mol. The molecule has 0 aliphatic carbocycles. The zero-order chi connectivity index (χ0) is 21.8. The van der Waals surface area contributed by atoms with Crippen LogP contribution in [0.2, 0.25) is 0 Å². The second-order valence-corrected chi connectivity index (χ2v) is 7.30. The summed E-state index contributed by atoms with van der Waals surface area (Å²) in [6.45, 7) is 0.412. The molecule has 160 valence electrons. The van der Waals surface area contributed by atoms with E-state index in [2.05, 4.69) is 20.3 Å². The molecule has 6 nitrogen and oxygen atoms in total. The summed E-state index contributed by atoms with van der Waals surface area (Å²) in [7, 11) is 0. The minimum Gasteiger partial charge on any atom is -0.340 e. The summed E-state index contributed by atoms with van der Waals surface area (Å²) in [5.74, 6) is -0.980. The number of pyridine rings is 1. The molecule has 0 bridgehead atoms. The van der Waals surface area contributed by atoms with Gasteiger partial charge in [-0.25, -0.2) is 14.4 Å². The van der Waals surface area contributed by atoms with Crippen molar-refractivity contribution in [3.63, 3.8) is 0 Å². The van der Waals surface area contributed by atoms with Crippen LogP contribution in [0.3, 0.4) is 0 Å². The molecule has 1 aliphatic heterocycles. The molecule has 1 fully saturated rings. The molecule has 4 rings (SSSR count). The highest BCUT2D eigenvalue weighted by molar-refractivity contribution is 5.79. The number of amides is 1. The maximum Gasteiger partial charge on any atom is 0.315 e. The Labute approximate surface area is 177 Å². The third kappa shape index (κ3) is 4.99. The van der Waals surface area contributed by atoms with Crippen LogP contribution in [0.5, 0.6) is 0 Å². The van der Waals surface area contributed by atoms with E-state index in [1.165, 1.54) is 17.0 Å². The zero-order valence-electron chi connectivity index (χ0n) is 16.5. The van der Waals surface area contributed by atoms with E-state index in [1.807, 2.05) is 6.07 Å². The van der Waals surface area contributed by atoms with E-state index in [9.17, 15) is 18.0 Å². The number of piperidine rings is 1. The molecule has 1 aromatic carbocycles. The van der Waals surface area contributed by atoms with Gasteiger partial charge in [0.15, 0.2) is 0 Å². The van der Waals surface area contributed by atoms with E-state index in [-0.39, 0.29) is 24.8 Å². The smallest absolute Gasteiger partial charge is 0.315 e. The SMILES string of the molecule is O=C(C(F)F)N1CCCC(c2nc(Nc3cccc(F)c3)cc(-c3cccnc3)n2)C1. The Morgan fingerprint density at radius 2 is 2.03 bits per heavy atom. The molecule has 1 saturated heterocycles. The van der Waals surface area contributed by atoms with Crippen molar-refractivity contribution < 1.29 is 18.0 Å². The second-order valence-electron chi connectivity index (χ2n) is 7.30. The molecule has 1 unspecified atom stereocenters. The molecule has 2 aromatic heterocycles. The predicted octanol–water partition coefficient (Wildman–Crippen LogP) is 4.39. The highest BCUT2D eigenvalue weighted by Gasteiger charge is 2.31. The molecule has 0 saturated carbocycles. The zero-order valence-corrected chi connectivity index (χ0v) is 16.5. The number of anilines is 2. The number of benzene rings is 1. The van der Waals surface area contributed by atoms with Crippen LogP contribution in [-0.2, 0) is 4.79 Å². The molecule has 1 amide bonds. The second kappa shape index (κ2) is 9.11. The maximum absolute atomic E-state index is 13.6. The van der Waals surface area contributed by atoms with Crippen molar-refractivity contribution in [1.29, 1.82) is 0 Å². The Hall–Kier alpha value is -3.49. The largest absolute Gasteiger partial charge is 0.340 e. The van der Waals surface area contributed by atoms with Gasteiger partial charge in [-0.05, 0) is 43.2 Å². The average molecular weight is 427 g/mol. The van der Waals surface area contributed by atoms with Crippen molar-refractivity contribution in [1.82, 2.24) is 19.9 Å². The minimum atomic E-state index is -3.04. The van der Waals surface area contributed by atoms with Gasteiger partial charge < -0.3 is 10.2 Å². The van der Waals surface area contributed by atoms with Crippen LogP contribution in [0, 0.1) is 5.82 Å². The summed E-state index contributed by atoms with van der Waals surface area (Å²) in [4.78, 5) is 26.3. The summed E-state index contributed by atoms with van der Waals surface area (Å²) in [6.07, 6.45) is 1.52. The first kappa shape index (κ1) is 20.8. The number of alkyl halides is 2. The van der Waals surface area contributed by atoms with Gasteiger partial charge in [0.05, 0.1) is 5.69 Å². The van der Waals surface area contributed by atoms with E-state index in [0.29, 0.717) is 35.9 Å². The maximum atomic E-state index is 13.6. The van der Waals surface area contributed by atoms with Crippen LogP contribution in [0.1, 0.15) is 24.6 Å². The van der Waals surface area contributed by atoms with Crippen molar-refractivity contribution in [3.8, 4) is 11.3 Å². The lowest BCUT2D eigenvalue weighted by Gasteiger charge is -2.32. The first-order chi connectivity index (χ1) is 15.0. The summed E-state index contributed by atoms with van der Waals surface area (Å²) in [5, 5.41) is 3.07. The van der Waals surface area contributed by atoms with Crippen LogP contribution in [0.15, 0.2) is 54.9 Å². The van der Waals surface area contributed by atoms with Gasteiger partial charge in [0.25, 0.3) is 5.91 Å². The summed E-state index contributed by atoms with van der Waals surface area (Å²) in [6, 6.07) is 11.3. The van der Waals surface area contributed by atoms with Crippen molar-refractivity contribution in [3.05, 3.63) is 66.5 Å². The highest BCUT2D eigenvalue weighted by Crippen LogP contribution is 2.29. The van der Waals surface area contributed by atoms with E-state index < -0.39 is 12.3 Å². The molecular formula is C22H20F3N5O. The van der Waals surface area contributed by atoms with Crippen molar-refractivity contribution in [2.24, 2.45) is 0 Å². The molecule has 1 aliphatic rings.